The Labute approximate surface area is 185 Å². The van der Waals surface area contributed by atoms with Gasteiger partial charge in [0.2, 0.25) is 0 Å². The Morgan fingerprint density at radius 1 is 0.793 bits per heavy atom. The fourth-order valence-electron chi connectivity index (χ4n) is 1.42. The van der Waals surface area contributed by atoms with Crippen molar-refractivity contribution in [3.05, 3.63) is 0 Å². The Morgan fingerprint density at radius 2 is 1.21 bits per heavy atom. The second-order valence-electron chi connectivity index (χ2n) is 4.72. The van der Waals surface area contributed by atoms with E-state index in [0.29, 0.717) is 45.0 Å². The van der Waals surface area contributed by atoms with E-state index in [1.807, 2.05) is 20.8 Å². The first-order valence-corrected chi connectivity index (χ1v) is 13.4. The molecule has 12 heteroatoms. The van der Waals surface area contributed by atoms with Gasteiger partial charge in [-0.25, -0.2) is 0 Å². The largest absolute Gasteiger partial charge is 0.465 e. The first-order valence-electron chi connectivity index (χ1n) is 9.47. The van der Waals surface area contributed by atoms with Crippen molar-refractivity contribution >= 4 is 43.9 Å². The van der Waals surface area contributed by atoms with Gasteiger partial charge in [-0.3, -0.25) is 14.2 Å². The summed E-state index contributed by atoms with van der Waals surface area (Å²) in [5.41, 5.74) is 0. The van der Waals surface area contributed by atoms with Crippen LogP contribution in [0.25, 0.3) is 0 Å². The zero-order chi connectivity index (χ0) is 23.1. The van der Waals surface area contributed by atoms with E-state index in [-0.39, 0.29) is 17.9 Å². The van der Waals surface area contributed by atoms with Crippen LogP contribution in [0.4, 0.5) is 0 Å². The fraction of sp³-hybridized carbons (Fsp3) is 0.882. The van der Waals surface area contributed by atoms with Crippen LogP contribution in [0, 0.1) is 0 Å². The highest BCUT2D eigenvalue weighted by Crippen LogP contribution is 2.47. The normalized spacial score (nSPS) is 10.5. The summed E-state index contributed by atoms with van der Waals surface area (Å²) in [4.78, 5) is 20.8. The number of Topliss-reactive ketones (excluding diaryl/α,β-unsaturated/α-hetero) is 1. The standard InChI is InChI=1S/C7H15O4P.C6H15O3P.C4H7BrO2/c1-4-10-12(9,11-5-2)6-7(3)8;1-4-7-10(8-5-2)9-6-3;1-2-7-4(6)3-5/h4-6H2,1-3H3;4-6H2,1-3H3;2-3H2,1H3. The number of alkyl halides is 1. The minimum atomic E-state index is -3.12. The zero-order valence-corrected chi connectivity index (χ0v) is 22.0. The van der Waals surface area contributed by atoms with E-state index >= 15 is 0 Å². The van der Waals surface area contributed by atoms with Gasteiger partial charge >= 0.3 is 22.2 Å². The van der Waals surface area contributed by atoms with Crippen LogP contribution < -0.4 is 0 Å². The number of hydrogen-bond donors (Lipinski definition) is 0. The Balaban J connectivity index is -0.000000362. The van der Waals surface area contributed by atoms with Crippen LogP contribution in [0.5, 0.6) is 0 Å². The van der Waals surface area contributed by atoms with E-state index in [0.717, 1.165) is 0 Å². The molecule has 0 aromatic rings. The lowest BCUT2D eigenvalue weighted by atomic mass is 10.5. The molecule has 9 nitrogen and oxygen atoms in total. The van der Waals surface area contributed by atoms with Gasteiger partial charge in [-0.2, -0.15) is 0 Å². The predicted octanol–water partition coefficient (Wildman–Crippen LogP) is 5.11. The van der Waals surface area contributed by atoms with Gasteiger partial charge < -0.3 is 27.4 Å². The van der Waals surface area contributed by atoms with Crippen molar-refractivity contribution in [3.8, 4) is 0 Å². The maximum atomic E-state index is 11.6. The molecule has 0 amide bonds. The maximum Gasteiger partial charge on any atom is 0.338 e. The lowest BCUT2D eigenvalue weighted by molar-refractivity contribution is -0.139. The molecule has 0 unspecified atom stereocenters. The van der Waals surface area contributed by atoms with E-state index in [2.05, 4.69) is 20.7 Å². The third-order valence-corrected chi connectivity index (χ3v) is 6.19. The van der Waals surface area contributed by atoms with Gasteiger partial charge in [0.25, 0.3) is 0 Å². The van der Waals surface area contributed by atoms with Crippen molar-refractivity contribution in [1.29, 1.82) is 0 Å². The Kier molecular flexibility index (Phi) is 28.3. The quantitative estimate of drug-likeness (QED) is 0.173. The number of ketones is 1. The summed E-state index contributed by atoms with van der Waals surface area (Å²) in [6.45, 7) is 15.3. The summed E-state index contributed by atoms with van der Waals surface area (Å²) in [7, 11) is -4.19. The molecule has 176 valence electrons. The predicted molar refractivity (Wildman–Crippen MR) is 119 cm³/mol. The van der Waals surface area contributed by atoms with E-state index < -0.39 is 16.2 Å². The number of carbonyl (C=O) groups is 2. The SMILES string of the molecule is CCOC(=O)CBr.CCOP(=O)(CC(C)=O)OCC.CCOP(OCC)OCC. The highest BCUT2D eigenvalue weighted by molar-refractivity contribution is 9.09. The van der Waals surface area contributed by atoms with Crippen LogP contribution in [-0.2, 0) is 41.5 Å². The molecule has 0 N–H and O–H groups in total. The van der Waals surface area contributed by atoms with Crippen LogP contribution >= 0.6 is 32.1 Å². The number of hydrogen-bond acceptors (Lipinski definition) is 9. The lowest BCUT2D eigenvalue weighted by Gasteiger charge is -2.14. The Morgan fingerprint density at radius 3 is 1.41 bits per heavy atom. The topological polar surface area (TPSA) is 107 Å². The van der Waals surface area contributed by atoms with Crippen LogP contribution in [0.3, 0.4) is 0 Å². The van der Waals surface area contributed by atoms with Gasteiger partial charge in [-0.15, -0.1) is 0 Å². The second kappa shape index (κ2) is 24.4. The average molecular weight is 527 g/mol. The minimum absolute atomic E-state index is 0.130. The van der Waals surface area contributed by atoms with Gasteiger partial charge in [-0.1, -0.05) is 15.9 Å². The molecule has 29 heavy (non-hydrogen) atoms. The van der Waals surface area contributed by atoms with Crippen LogP contribution in [0.1, 0.15) is 48.5 Å². The maximum absolute atomic E-state index is 11.6. The molecule has 0 rings (SSSR count). The monoisotopic (exact) mass is 526 g/mol. The third-order valence-electron chi connectivity index (χ3n) is 2.19. The molecule has 0 aliphatic heterocycles. The number of esters is 1. The Hall–Kier alpha value is 0.0800. The first kappa shape index (κ1) is 33.7. The first-order chi connectivity index (χ1) is 13.7. The summed E-state index contributed by atoms with van der Waals surface area (Å²) in [5.74, 6) is -0.386. The third kappa shape index (κ3) is 26.0. The molecule has 0 radical (unpaired) electrons. The Bertz CT molecular complexity index is 415. The van der Waals surface area contributed by atoms with E-state index in [1.54, 1.807) is 20.8 Å². The molecule has 0 aromatic heterocycles. The smallest absolute Gasteiger partial charge is 0.338 e. The van der Waals surface area contributed by atoms with Crippen molar-refractivity contribution in [2.75, 3.05) is 51.1 Å². The van der Waals surface area contributed by atoms with E-state index in [9.17, 15) is 14.2 Å². The number of carbonyl (C=O) groups excluding carboxylic acids is 2. The molecule has 0 aliphatic carbocycles. The highest BCUT2D eigenvalue weighted by atomic mass is 79.9. The number of halogens is 1. The molecule has 0 saturated heterocycles. The molecule has 0 aliphatic rings. The molecule has 0 fully saturated rings. The van der Waals surface area contributed by atoms with Gasteiger partial charge in [0.1, 0.15) is 17.3 Å². The van der Waals surface area contributed by atoms with E-state index in [1.165, 1.54) is 6.92 Å². The zero-order valence-electron chi connectivity index (χ0n) is 18.6. The van der Waals surface area contributed by atoms with Crippen molar-refractivity contribution < 1.29 is 41.5 Å². The summed E-state index contributed by atoms with van der Waals surface area (Å²) in [6, 6.07) is 0. The van der Waals surface area contributed by atoms with Gasteiger partial charge in [0, 0.05) is 0 Å². The van der Waals surface area contributed by atoms with Gasteiger partial charge in [0.15, 0.2) is 0 Å². The molecule has 0 heterocycles. The van der Waals surface area contributed by atoms with Crippen molar-refractivity contribution in [1.82, 2.24) is 0 Å². The van der Waals surface area contributed by atoms with Crippen LogP contribution in [-0.4, -0.2) is 62.9 Å². The average Bonchev–Trinajstić information content (AvgIpc) is 2.63. The number of rotatable bonds is 14. The molecular weight excluding hydrogens is 490 g/mol. The fourth-order valence-corrected chi connectivity index (χ4v) is 4.03. The summed E-state index contributed by atoms with van der Waals surface area (Å²) >= 11 is 2.94. The minimum Gasteiger partial charge on any atom is -0.465 e. The number of ether oxygens (including phenoxy) is 1. The van der Waals surface area contributed by atoms with Gasteiger partial charge in [0.05, 0.1) is 39.6 Å². The summed E-state index contributed by atoms with van der Waals surface area (Å²) < 4.78 is 41.3. The lowest BCUT2D eigenvalue weighted by Crippen LogP contribution is -2.06. The molecule has 0 spiro atoms. The van der Waals surface area contributed by atoms with E-state index in [4.69, 9.17) is 22.6 Å². The molecule has 0 saturated carbocycles. The van der Waals surface area contributed by atoms with Crippen molar-refractivity contribution in [2.24, 2.45) is 0 Å². The molecule has 0 atom stereocenters. The van der Waals surface area contributed by atoms with Crippen LogP contribution in [0.15, 0.2) is 0 Å². The summed E-state index contributed by atoms with van der Waals surface area (Å²) in [6.07, 6.45) is -0.130. The summed E-state index contributed by atoms with van der Waals surface area (Å²) in [5, 5.41) is 0.292. The molecule has 0 aromatic carbocycles. The van der Waals surface area contributed by atoms with Crippen molar-refractivity contribution in [3.63, 3.8) is 0 Å². The molecular formula is C17H37BrO9P2. The van der Waals surface area contributed by atoms with Gasteiger partial charge in [-0.05, 0) is 48.5 Å². The van der Waals surface area contributed by atoms with Crippen molar-refractivity contribution in [2.45, 2.75) is 48.5 Å². The highest BCUT2D eigenvalue weighted by Gasteiger charge is 2.25. The second-order valence-corrected chi connectivity index (χ2v) is 8.56. The van der Waals surface area contributed by atoms with Crippen LogP contribution in [0.2, 0.25) is 0 Å². The molecule has 0 bridgehead atoms.